The van der Waals surface area contributed by atoms with Crippen LogP contribution in [0.1, 0.15) is 11.1 Å². The van der Waals surface area contributed by atoms with Gasteiger partial charge in [0, 0.05) is 10.6 Å². The molecule has 2 nitrogen and oxygen atoms in total. The quantitative estimate of drug-likeness (QED) is 0.863. The highest BCUT2D eigenvalue weighted by molar-refractivity contribution is 7.84. The molecule has 2 rings (SSSR count). The van der Waals surface area contributed by atoms with Crippen molar-refractivity contribution in [3.05, 3.63) is 57.6 Å². The van der Waals surface area contributed by atoms with E-state index in [1.54, 1.807) is 24.3 Å². The molecule has 0 amide bonds. The summed E-state index contributed by atoms with van der Waals surface area (Å²) in [6.07, 6.45) is 0. The lowest BCUT2D eigenvalue weighted by molar-refractivity contribution is 0.682. The molecule has 0 aliphatic heterocycles. The number of hydrogen-bond acceptors (Lipinski definition) is 2. The maximum atomic E-state index is 12.3. The fourth-order valence-electron chi connectivity index (χ4n) is 1.79. The number of nitrogen functional groups attached to an aromatic ring is 1. The average Bonchev–Trinajstić information content (AvgIpc) is 2.33. The third kappa shape index (κ3) is 3.50. The summed E-state index contributed by atoms with van der Waals surface area (Å²) >= 11 is 11.8. The second-order valence-electron chi connectivity index (χ2n) is 4.26. The van der Waals surface area contributed by atoms with Gasteiger partial charge in [-0.2, -0.15) is 0 Å². The maximum absolute atomic E-state index is 12.3. The van der Waals surface area contributed by atoms with Crippen LogP contribution in [0.2, 0.25) is 10.0 Å². The normalized spacial score (nSPS) is 12.4. The molecule has 0 aliphatic rings. The van der Waals surface area contributed by atoms with E-state index < -0.39 is 10.8 Å². The zero-order valence-electron chi connectivity index (χ0n) is 10.3. The summed E-state index contributed by atoms with van der Waals surface area (Å²) in [7, 11) is -1.13. The van der Waals surface area contributed by atoms with E-state index in [-0.39, 0.29) is 0 Å². The molecule has 0 heterocycles. The van der Waals surface area contributed by atoms with Crippen LogP contribution in [0.3, 0.4) is 0 Å². The van der Waals surface area contributed by atoms with Crippen LogP contribution in [-0.4, -0.2) is 4.21 Å². The number of halogens is 2. The summed E-state index contributed by atoms with van der Waals surface area (Å²) in [4.78, 5) is 0.792. The lowest BCUT2D eigenvalue weighted by atomic mass is 10.2. The fourth-order valence-corrected chi connectivity index (χ4v) is 3.38. The van der Waals surface area contributed by atoms with Crippen molar-refractivity contribution in [3.63, 3.8) is 0 Å². The number of benzene rings is 2. The standard InChI is InChI=1S/C14H13Cl2NOS/c1-9-6-11(17)3-5-14(9)19(18)8-10-2-4-12(15)13(16)7-10/h2-7H,8,17H2,1H3. The Bertz CT molecular complexity index is 643. The highest BCUT2D eigenvalue weighted by Gasteiger charge is 2.09. The first-order valence-corrected chi connectivity index (χ1v) is 7.73. The summed E-state index contributed by atoms with van der Waals surface area (Å²) in [5, 5.41) is 0.977. The first-order chi connectivity index (χ1) is 8.97. The summed E-state index contributed by atoms with van der Waals surface area (Å²) in [6, 6.07) is 10.7. The summed E-state index contributed by atoms with van der Waals surface area (Å²) < 4.78 is 12.3. The van der Waals surface area contributed by atoms with Crippen LogP contribution < -0.4 is 5.73 Å². The minimum atomic E-state index is -1.13. The van der Waals surface area contributed by atoms with Gasteiger partial charge in [0.2, 0.25) is 0 Å². The van der Waals surface area contributed by atoms with Gasteiger partial charge in [0.05, 0.1) is 26.6 Å². The Morgan fingerprint density at radius 2 is 1.84 bits per heavy atom. The van der Waals surface area contributed by atoms with Gasteiger partial charge >= 0.3 is 0 Å². The van der Waals surface area contributed by atoms with Gasteiger partial charge in [0.15, 0.2) is 0 Å². The van der Waals surface area contributed by atoms with E-state index in [1.165, 1.54) is 0 Å². The first kappa shape index (κ1) is 14.4. The Morgan fingerprint density at radius 1 is 1.11 bits per heavy atom. The van der Waals surface area contributed by atoms with Crippen LogP contribution >= 0.6 is 23.2 Å². The fraction of sp³-hybridized carbons (Fsp3) is 0.143. The van der Waals surface area contributed by atoms with E-state index in [1.807, 2.05) is 19.1 Å². The topological polar surface area (TPSA) is 43.1 Å². The molecule has 0 bridgehead atoms. The highest BCUT2D eigenvalue weighted by atomic mass is 35.5. The van der Waals surface area contributed by atoms with Crippen molar-refractivity contribution in [1.29, 1.82) is 0 Å². The minimum absolute atomic E-state index is 0.404. The second kappa shape index (κ2) is 5.95. The average molecular weight is 314 g/mol. The highest BCUT2D eigenvalue weighted by Crippen LogP contribution is 2.25. The molecule has 0 saturated heterocycles. The van der Waals surface area contributed by atoms with Crippen LogP contribution in [0.25, 0.3) is 0 Å². The minimum Gasteiger partial charge on any atom is -0.399 e. The van der Waals surface area contributed by atoms with Gasteiger partial charge in [0.25, 0.3) is 0 Å². The third-order valence-corrected chi connectivity index (χ3v) is 5.01. The van der Waals surface area contributed by atoms with Crippen molar-refractivity contribution in [2.24, 2.45) is 0 Å². The van der Waals surface area contributed by atoms with Crippen LogP contribution in [0.15, 0.2) is 41.3 Å². The zero-order chi connectivity index (χ0) is 14.0. The third-order valence-electron chi connectivity index (χ3n) is 2.73. The molecule has 2 aromatic rings. The summed E-state index contributed by atoms with van der Waals surface area (Å²) in [5.74, 6) is 0.404. The van der Waals surface area contributed by atoms with Gasteiger partial charge in [-0.25, -0.2) is 0 Å². The molecular weight excluding hydrogens is 301 g/mol. The predicted molar refractivity (Wildman–Crippen MR) is 82.2 cm³/mol. The second-order valence-corrected chi connectivity index (χ2v) is 6.50. The molecule has 0 fully saturated rings. The largest absolute Gasteiger partial charge is 0.399 e. The van der Waals surface area contributed by atoms with E-state index in [4.69, 9.17) is 28.9 Å². The molecule has 0 aliphatic carbocycles. The lowest BCUT2D eigenvalue weighted by Gasteiger charge is -2.07. The van der Waals surface area contributed by atoms with Gasteiger partial charge in [-0.3, -0.25) is 4.21 Å². The number of rotatable bonds is 3. The Morgan fingerprint density at radius 3 is 2.47 bits per heavy atom. The van der Waals surface area contributed by atoms with Gasteiger partial charge in [-0.05, 0) is 48.4 Å². The summed E-state index contributed by atoms with van der Waals surface area (Å²) in [5.41, 5.74) is 8.18. The molecule has 19 heavy (non-hydrogen) atoms. The molecule has 2 N–H and O–H groups in total. The zero-order valence-corrected chi connectivity index (χ0v) is 12.6. The lowest BCUT2D eigenvalue weighted by Crippen LogP contribution is -2.00. The molecule has 0 spiro atoms. The number of hydrogen-bond donors (Lipinski definition) is 1. The monoisotopic (exact) mass is 313 g/mol. The molecule has 2 aromatic carbocycles. The van der Waals surface area contributed by atoms with Crippen molar-refractivity contribution in [2.75, 3.05) is 5.73 Å². The smallest absolute Gasteiger partial charge is 0.0595 e. The Labute approximate surface area is 125 Å². The van der Waals surface area contributed by atoms with E-state index in [0.29, 0.717) is 21.5 Å². The van der Waals surface area contributed by atoms with E-state index in [2.05, 4.69) is 0 Å². The van der Waals surface area contributed by atoms with Gasteiger partial charge < -0.3 is 5.73 Å². The number of aryl methyl sites for hydroxylation is 1. The van der Waals surface area contributed by atoms with Crippen LogP contribution in [0.4, 0.5) is 5.69 Å². The molecule has 100 valence electrons. The maximum Gasteiger partial charge on any atom is 0.0595 e. The van der Waals surface area contributed by atoms with Crippen molar-refractivity contribution in [2.45, 2.75) is 17.6 Å². The van der Waals surface area contributed by atoms with Crippen molar-refractivity contribution >= 4 is 39.7 Å². The van der Waals surface area contributed by atoms with E-state index in [9.17, 15) is 4.21 Å². The van der Waals surface area contributed by atoms with Crippen molar-refractivity contribution < 1.29 is 4.21 Å². The molecule has 5 heteroatoms. The van der Waals surface area contributed by atoms with Gasteiger partial charge in [-0.1, -0.05) is 29.3 Å². The summed E-state index contributed by atoms with van der Waals surface area (Å²) in [6.45, 7) is 1.90. The molecule has 0 saturated carbocycles. The molecule has 1 unspecified atom stereocenters. The molecule has 0 aromatic heterocycles. The van der Waals surface area contributed by atoms with E-state index in [0.717, 1.165) is 16.0 Å². The van der Waals surface area contributed by atoms with Crippen LogP contribution in [-0.2, 0) is 16.6 Å². The predicted octanol–water partition coefficient (Wildman–Crippen LogP) is 4.19. The number of anilines is 1. The molecular formula is C14H13Cl2NOS. The molecule has 0 radical (unpaired) electrons. The van der Waals surface area contributed by atoms with Gasteiger partial charge in [-0.15, -0.1) is 0 Å². The first-order valence-electron chi connectivity index (χ1n) is 5.66. The molecule has 1 atom stereocenters. The van der Waals surface area contributed by atoms with Gasteiger partial charge in [0.1, 0.15) is 0 Å². The Kier molecular flexibility index (Phi) is 4.50. The van der Waals surface area contributed by atoms with Crippen LogP contribution in [0.5, 0.6) is 0 Å². The SMILES string of the molecule is Cc1cc(N)ccc1S(=O)Cc1ccc(Cl)c(Cl)c1. The van der Waals surface area contributed by atoms with Crippen molar-refractivity contribution in [3.8, 4) is 0 Å². The Hall–Kier alpha value is -1.03. The Balaban J connectivity index is 2.23. The van der Waals surface area contributed by atoms with Crippen LogP contribution in [0, 0.1) is 6.92 Å². The van der Waals surface area contributed by atoms with E-state index >= 15 is 0 Å². The number of nitrogens with two attached hydrogens (primary N) is 1. The van der Waals surface area contributed by atoms with Crippen molar-refractivity contribution in [1.82, 2.24) is 0 Å².